The molecular formula is C17H21NO. The van der Waals surface area contributed by atoms with Crippen molar-refractivity contribution in [2.45, 2.75) is 12.3 Å². The minimum atomic E-state index is 0. The molecule has 0 aromatic heterocycles. The third kappa shape index (κ3) is 2.55. The summed E-state index contributed by atoms with van der Waals surface area (Å²) in [5.74, 6) is 0.635. The number of nitrogens with zero attached hydrogens (tertiary/aromatic N) is 1. The maximum absolute atomic E-state index is 2.31. The van der Waals surface area contributed by atoms with Gasteiger partial charge in [0.2, 0.25) is 0 Å². The molecule has 0 bridgehead atoms. The topological polar surface area (TPSA) is 30.0 Å². The van der Waals surface area contributed by atoms with Crippen molar-refractivity contribution < 1.29 is 5.48 Å². The zero-order valence-electron chi connectivity index (χ0n) is 11.6. The van der Waals surface area contributed by atoms with Crippen LogP contribution in [0.1, 0.15) is 17.0 Å². The lowest BCUT2D eigenvalue weighted by Crippen LogP contribution is -2.47. The number of quaternary nitrogens is 1. The first-order valence-corrected chi connectivity index (χ1v) is 6.63. The van der Waals surface area contributed by atoms with Crippen LogP contribution < -0.4 is 4.48 Å². The largest absolute Gasteiger partial charge is 0.870 e. The van der Waals surface area contributed by atoms with Gasteiger partial charge in [-0.2, -0.15) is 0 Å². The van der Waals surface area contributed by atoms with Crippen molar-refractivity contribution in [3.05, 3.63) is 65.7 Å². The molecule has 0 saturated carbocycles. The summed E-state index contributed by atoms with van der Waals surface area (Å²) in [6, 6.07) is 19.8. The van der Waals surface area contributed by atoms with Gasteiger partial charge in [-0.3, -0.25) is 4.48 Å². The molecule has 1 N–H and O–H groups in total. The Morgan fingerprint density at radius 3 is 2.26 bits per heavy atom. The highest BCUT2D eigenvalue weighted by Crippen LogP contribution is 2.36. The fraction of sp³-hybridized carbons (Fsp3) is 0.294. The van der Waals surface area contributed by atoms with E-state index >= 15 is 0 Å². The predicted octanol–water partition coefficient (Wildman–Crippen LogP) is 3.42. The summed E-state index contributed by atoms with van der Waals surface area (Å²) < 4.78 is 0.982. The Morgan fingerprint density at radius 1 is 0.895 bits per heavy atom. The molecule has 1 aliphatic heterocycles. The molecule has 3 rings (SSSR count). The molecule has 0 radical (unpaired) electrons. The first-order valence-electron chi connectivity index (χ1n) is 6.63. The summed E-state index contributed by atoms with van der Waals surface area (Å²) in [5.41, 5.74) is 4.45. The van der Waals surface area contributed by atoms with Gasteiger partial charge in [-0.1, -0.05) is 48.5 Å². The number of hydrogen-bond donors (Lipinski definition) is 0. The van der Waals surface area contributed by atoms with Crippen molar-refractivity contribution in [1.82, 2.24) is 4.48 Å². The Kier molecular flexibility index (Phi) is 3.74. The maximum Gasteiger partial charge on any atom is 0.135 e. The highest BCUT2D eigenvalue weighted by molar-refractivity contribution is 5.53. The number of para-hydroxylation sites is 1. The summed E-state index contributed by atoms with van der Waals surface area (Å²) in [6.45, 7) is 1.18. The van der Waals surface area contributed by atoms with Gasteiger partial charge in [-0.15, -0.1) is 0 Å². The monoisotopic (exact) mass is 255 g/mol. The second-order valence-electron chi connectivity index (χ2n) is 5.81. The second kappa shape index (κ2) is 5.16. The Hall–Kier alpha value is -1.64. The van der Waals surface area contributed by atoms with Crippen LogP contribution in [-0.4, -0.2) is 26.1 Å². The number of benzene rings is 2. The Labute approximate surface area is 115 Å². The van der Waals surface area contributed by atoms with E-state index in [0.29, 0.717) is 5.92 Å². The molecule has 0 saturated heterocycles. The SMILES string of the molecule is C[N+]1(C)CC(c2ccccc2)Cc2ccccc21.[OH-]. The molecule has 0 amide bonds. The average Bonchev–Trinajstić information content (AvgIpc) is 2.39. The van der Waals surface area contributed by atoms with Crippen molar-refractivity contribution in [2.75, 3.05) is 20.6 Å². The molecule has 1 heterocycles. The Bertz CT molecular complexity index is 548. The van der Waals surface area contributed by atoms with Gasteiger partial charge in [0.25, 0.3) is 0 Å². The Balaban J connectivity index is 0.00000133. The van der Waals surface area contributed by atoms with E-state index in [-0.39, 0.29) is 5.48 Å². The Morgan fingerprint density at radius 2 is 1.53 bits per heavy atom. The standard InChI is InChI=1S/C17H20N.H2O/c1-18(2)13-16(14-8-4-3-5-9-14)12-15-10-6-7-11-17(15)18;/h3-11,16H,12-13H2,1-2H3;1H2/q+1;/p-1. The van der Waals surface area contributed by atoms with E-state index in [1.54, 1.807) is 0 Å². The third-order valence-corrected chi connectivity index (χ3v) is 4.06. The fourth-order valence-corrected chi connectivity index (χ4v) is 3.20. The predicted molar refractivity (Wildman–Crippen MR) is 79.8 cm³/mol. The highest BCUT2D eigenvalue weighted by atomic mass is 16.0. The van der Waals surface area contributed by atoms with E-state index < -0.39 is 0 Å². The van der Waals surface area contributed by atoms with Crippen molar-refractivity contribution in [3.8, 4) is 0 Å². The fourth-order valence-electron chi connectivity index (χ4n) is 3.20. The summed E-state index contributed by atoms with van der Waals surface area (Å²) >= 11 is 0. The zero-order chi connectivity index (χ0) is 12.6. The summed E-state index contributed by atoms with van der Waals surface area (Å²) in [7, 11) is 4.63. The van der Waals surface area contributed by atoms with Crippen molar-refractivity contribution in [1.29, 1.82) is 0 Å². The lowest BCUT2D eigenvalue weighted by atomic mass is 9.86. The molecule has 1 atom stereocenters. The molecule has 2 heteroatoms. The summed E-state index contributed by atoms with van der Waals surface area (Å²) in [5, 5.41) is 0. The van der Waals surface area contributed by atoms with Crippen LogP contribution in [0.3, 0.4) is 0 Å². The van der Waals surface area contributed by atoms with Gasteiger partial charge in [0.15, 0.2) is 0 Å². The van der Waals surface area contributed by atoms with Gasteiger partial charge in [-0.25, -0.2) is 0 Å². The van der Waals surface area contributed by atoms with E-state index in [9.17, 15) is 0 Å². The average molecular weight is 255 g/mol. The minimum absolute atomic E-state index is 0. The number of rotatable bonds is 1. The van der Waals surface area contributed by atoms with Crippen LogP contribution in [0.4, 0.5) is 5.69 Å². The smallest absolute Gasteiger partial charge is 0.135 e. The molecule has 19 heavy (non-hydrogen) atoms. The molecular weight excluding hydrogens is 234 g/mol. The van der Waals surface area contributed by atoms with E-state index in [1.807, 2.05) is 0 Å². The lowest BCUT2D eigenvalue weighted by Gasteiger charge is -2.39. The van der Waals surface area contributed by atoms with Gasteiger partial charge in [-0.05, 0) is 18.1 Å². The molecule has 0 fully saturated rings. The summed E-state index contributed by atoms with van der Waals surface area (Å²) in [4.78, 5) is 0. The number of likely N-dealkylation sites (N-methyl/N-ethyl adjacent to an activating group) is 1. The van der Waals surface area contributed by atoms with Gasteiger partial charge >= 0.3 is 0 Å². The highest BCUT2D eigenvalue weighted by Gasteiger charge is 2.33. The van der Waals surface area contributed by atoms with Crippen LogP contribution in [0.2, 0.25) is 0 Å². The second-order valence-corrected chi connectivity index (χ2v) is 5.81. The first-order chi connectivity index (χ1) is 8.67. The molecule has 100 valence electrons. The van der Waals surface area contributed by atoms with Crippen LogP contribution in [0, 0.1) is 0 Å². The van der Waals surface area contributed by atoms with Crippen molar-refractivity contribution in [2.24, 2.45) is 0 Å². The minimum Gasteiger partial charge on any atom is -0.870 e. The normalized spacial score (nSPS) is 20.2. The maximum atomic E-state index is 2.31. The van der Waals surface area contributed by atoms with Gasteiger partial charge in [0.1, 0.15) is 5.69 Å². The van der Waals surface area contributed by atoms with Gasteiger partial charge in [0.05, 0.1) is 20.6 Å². The van der Waals surface area contributed by atoms with Gasteiger partial charge in [0, 0.05) is 11.5 Å². The van der Waals surface area contributed by atoms with Crippen LogP contribution in [0.25, 0.3) is 0 Å². The lowest BCUT2D eigenvalue weighted by molar-refractivity contribution is 0.341. The van der Waals surface area contributed by atoms with Crippen LogP contribution in [0.15, 0.2) is 54.6 Å². The van der Waals surface area contributed by atoms with E-state index in [2.05, 4.69) is 68.7 Å². The van der Waals surface area contributed by atoms with Crippen molar-refractivity contribution >= 4 is 5.69 Å². The summed E-state index contributed by atoms with van der Waals surface area (Å²) in [6.07, 6.45) is 1.17. The van der Waals surface area contributed by atoms with E-state index in [4.69, 9.17) is 0 Å². The first kappa shape index (κ1) is 13.8. The molecule has 1 aliphatic rings. The zero-order valence-corrected chi connectivity index (χ0v) is 11.6. The molecule has 0 aliphatic carbocycles. The quantitative estimate of drug-likeness (QED) is 0.718. The van der Waals surface area contributed by atoms with Crippen LogP contribution in [0.5, 0.6) is 0 Å². The van der Waals surface area contributed by atoms with Crippen molar-refractivity contribution in [3.63, 3.8) is 0 Å². The van der Waals surface area contributed by atoms with Crippen LogP contribution >= 0.6 is 0 Å². The van der Waals surface area contributed by atoms with Gasteiger partial charge < -0.3 is 5.48 Å². The number of fused-ring (bicyclic) bond motifs is 1. The number of hydrogen-bond acceptors (Lipinski definition) is 1. The van der Waals surface area contributed by atoms with E-state index in [1.165, 1.54) is 29.8 Å². The third-order valence-electron chi connectivity index (χ3n) is 4.06. The molecule has 2 aromatic rings. The van der Waals surface area contributed by atoms with E-state index in [0.717, 1.165) is 4.48 Å². The molecule has 1 unspecified atom stereocenters. The molecule has 0 spiro atoms. The molecule has 2 aromatic carbocycles. The molecule has 2 nitrogen and oxygen atoms in total. The van der Waals surface area contributed by atoms with Crippen LogP contribution in [-0.2, 0) is 6.42 Å².